The van der Waals surface area contributed by atoms with Crippen molar-refractivity contribution >= 4 is 27.6 Å². The first kappa shape index (κ1) is 24.7. The Morgan fingerprint density at radius 1 is 1.00 bits per heavy atom. The quantitative estimate of drug-likeness (QED) is 0.571. The molecule has 3 rings (SSSR count). The van der Waals surface area contributed by atoms with Gasteiger partial charge in [-0.2, -0.15) is 4.31 Å². The lowest BCUT2D eigenvalue weighted by Gasteiger charge is -2.23. The average molecular weight is 475 g/mol. The number of anilines is 1. The fourth-order valence-electron chi connectivity index (χ4n) is 3.76. The largest absolute Gasteiger partial charge is 0.495 e. The van der Waals surface area contributed by atoms with Crippen molar-refractivity contribution in [3.8, 4) is 5.75 Å². The van der Waals surface area contributed by atoms with E-state index in [-0.39, 0.29) is 16.2 Å². The molecule has 9 heteroatoms. The van der Waals surface area contributed by atoms with Crippen LogP contribution in [0.15, 0.2) is 53.4 Å². The lowest BCUT2D eigenvalue weighted by atomic mass is 10.2. The molecule has 1 amide bonds. The van der Waals surface area contributed by atoms with Crippen LogP contribution in [0.25, 0.3) is 0 Å². The molecule has 2 aromatic rings. The van der Waals surface area contributed by atoms with Gasteiger partial charge in [0.15, 0.2) is 6.10 Å². The van der Waals surface area contributed by atoms with Gasteiger partial charge in [0.2, 0.25) is 10.0 Å². The highest BCUT2D eigenvalue weighted by molar-refractivity contribution is 7.89. The summed E-state index contributed by atoms with van der Waals surface area (Å²) in [7, 11) is -0.871. The molecular formula is C24H30N2O6S. The molecule has 1 atom stereocenters. The summed E-state index contributed by atoms with van der Waals surface area (Å²) in [5.74, 6) is -1.03. The fraction of sp³-hybridized carbons (Fsp3) is 0.417. The van der Waals surface area contributed by atoms with Gasteiger partial charge in [0.05, 0.1) is 12.7 Å². The van der Waals surface area contributed by atoms with Crippen molar-refractivity contribution in [2.24, 2.45) is 0 Å². The molecule has 0 aromatic heterocycles. The number of nitrogens with zero attached hydrogens (tertiary/aromatic N) is 2. The first-order valence-corrected chi connectivity index (χ1v) is 12.4. The maximum atomic E-state index is 13.3. The molecule has 8 nitrogen and oxygen atoms in total. The third kappa shape index (κ3) is 5.72. The SMILES string of the molecule is COc1ccc(C(=O)OC(C)C(=O)N(C)c2ccccc2)cc1S(=O)(=O)N1CCCCCC1. The summed E-state index contributed by atoms with van der Waals surface area (Å²) in [4.78, 5) is 26.8. The number of carbonyl (C=O) groups is 2. The van der Waals surface area contributed by atoms with Gasteiger partial charge in [-0.05, 0) is 50.1 Å². The Hall–Kier alpha value is -2.91. The number of hydrogen-bond acceptors (Lipinski definition) is 6. The average Bonchev–Trinajstić information content (AvgIpc) is 3.13. The van der Waals surface area contributed by atoms with Crippen LogP contribution in [0.1, 0.15) is 43.0 Å². The number of benzene rings is 2. The first-order valence-electron chi connectivity index (χ1n) is 11.0. The van der Waals surface area contributed by atoms with E-state index in [4.69, 9.17) is 9.47 Å². The highest BCUT2D eigenvalue weighted by atomic mass is 32.2. The number of esters is 1. The molecule has 0 saturated carbocycles. The number of para-hydroxylation sites is 1. The lowest BCUT2D eigenvalue weighted by Crippen LogP contribution is -2.37. The molecule has 0 aliphatic carbocycles. The lowest BCUT2D eigenvalue weighted by molar-refractivity contribution is -0.126. The number of likely N-dealkylation sites (N-methyl/N-ethyl adjacent to an activating group) is 1. The molecule has 0 N–H and O–H groups in total. The summed E-state index contributed by atoms with van der Waals surface area (Å²) >= 11 is 0. The van der Waals surface area contributed by atoms with Crippen LogP contribution in [0, 0.1) is 0 Å². The van der Waals surface area contributed by atoms with Crippen LogP contribution in [0.5, 0.6) is 5.75 Å². The second-order valence-electron chi connectivity index (χ2n) is 7.96. The zero-order valence-electron chi connectivity index (χ0n) is 19.2. The Morgan fingerprint density at radius 2 is 1.64 bits per heavy atom. The zero-order valence-corrected chi connectivity index (χ0v) is 20.0. The number of rotatable bonds is 7. The highest BCUT2D eigenvalue weighted by Gasteiger charge is 2.30. The molecular weight excluding hydrogens is 444 g/mol. The van der Waals surface area contributed by atoms with E-state index in [1.165, 1.54) is 41.4 Å². The van der Waals surface area contributed by atoms with Gasteiger partial charge >= 0.3 is 5.97 Å². The van der Waals surface area contributed by atoms with E-state index in [9.17, 15) is 18.0 Å². The Kier molecular flexibility index (Phi) is 8.10. The molecule has 178 valence electrons. The van der Waals surface area contributed by atoms with Gasteiger partial charge in [0.25, 0.3) is 5.91 Å². The summed E-state index contributed by atoms with van der Waals surface area (Å²) < 4.78 is 38.7. The van der Waals surface area contributed by atoms with Crippen molar-refractivity contribution in [3.05, 3.63) is 54.1 Å². The molecule has 1 saturated heterocycles. The standard InChI is InChI=1S/C24H30N2O6S/c1-18(23(27)25(2)20-11-7-6-8-12-20)32-24(28)19-13-14-21(31-3)22(17-19)33(29,30)26-15-9-4-5-10-16-26/h6-8,11-14,17-18H,4-5,9-10,15-16H2,1-3H3. The van der Waals surface area contributed by atoms with Gasteiger partial charge in [-0.25, -0.2) is 13.2 Å². The van der Waals surface area contributed by atoms with Crippen LogP contribution < -0.4 is 9.64 Å². The van der Waals surface area contributed by atoms with E-state index in [1.54, 1.807) is 31.3 Å². The van der Waals surface area contributed by atoms with Crippen LogP contribution in [-0.2, 0) is 19.6 Å². The maximum Gasteiger partial charge on any atom is 0.338 e. The minimum atomic E-state index is -3.85. The fourth-order valence-corrected chi connectivity index (χ4v) is 5.46. The van der Waals surface area contributed by atoms with Crippen molar-refractivity contribution < 1.29 is 27.5 Å². The monoisotopic (exact) mass is 474 g/mol. The molecule has 1 aliphatic heterocycles. The molecule has 1 aliphatic rings. The predicted molar refractivity (Wildman–Crippen MR) is 125 cm³/mol. The Bertz CT molecular complexity index is 1080. The van der Waals surface area contributed by atoms with E-state index >= 15 is 0 Å². The third-order valence-corrected chi connectivity index (χ3v) is 7.61. The van der Waals surface area contributed by atoms with Gasteiger partial charge in [-0.3, -0.25) is 4.79 Å². The number of ether oxygens (including phenoxy) is 2. The molecule has 1 unspecified atom stereocenters. The van der Waals surface area contributed by atoms with Crippen LogP contribution in [-0.4, -0.2) is 58.0 Å². The molecule has 1 heterocycles. The van der Waals surface area contributed by atoms with Gasteiger partial charge in [0.1, 0.15) is 10.6 Å². The molecule has 1 fully saturated rings. The topological polar surface area (TPSA) is 93.2 Å². The van der Waals surface area contributed by atoms with Crippen molar-refractivity contribution in [2.45, 2.75) is 43.6 Å². The number of amides is 1. The van der Waals surface area contributed by atoms with E-state index in [1.807, 2.05) is 6.07 Å². The second-order valence-corrected chi connectivity index (χ2v) is 9.87. The first-order chi connectivity index (χ1) is 15.8. The third-order valence-electron chi connectivity index (χ3n) is 5.69. The second kappa shape index (κ2) is 10.8. The van der Waals surface area contributed by atoms with Crippen molar-refractivity contribution in [3.63, 3.8) is 0 Å². The molecule has 2 aromatic carbocycles. The van der Waals surface area contributed by atoms with Crippen LogP contribution in [0.4, 0.5) is 5.69 Å². The summed E-state index contributed by atoms with van der Waals surface area (Å²) in [5.41, 5.74) is 0.701. The van der Waals surface area contributed by atoms with Crippen LogP contribution in [0.3, 0.4) is 0 Å². The zero-order chi connectivity index (χ0) is 24.0. The van der Waals surface area contributed by atoms with Gasteiger partial charge in [-0.15, -0.1) is 0 Å². The van der Waals surface area contributed by atoms with Crippen LogP contribution >= 0.6 is 0 Å². The Morgan fingerprint density at radius 3 is 2.24 bits per heavy atom. The predicted octanol–water partition coefficient (Wildman–Crippen LogP) is 3.47. The van der Waals surface area contributed by atoms with Crippen LogP contribution in [0.2, 0.25) is 0 Å². The van der Waals surface area contributed by atoms with Gasteiger partial charge < -0.3 is 14.4 Å². The number of carbonyl (C=O) groups excluding carboxylic acids is 2. The van der Waals surface area contributed by atoms with Gasteiger partial charge in [0, 0.05) is 25.8 Å². The van der Waals surface area contributed by atoms with Crippen molar-refractivity contribution in [2.75, 3.05) is 32.1 Å². The van der Waals surface area contributed by atoms with Crippen molar-refractivity contribution in [1.29, 1.82) is 0 Å². The molecule has 0 bridgehead atoms. The Balaban J connectivity index is 1.80. The van der Waals surface area contributed by atoms with E-state index in [0.717, 1.165) is 25.7 Å². The molecule has 0 radical (unpaired) electrons. The van der Waals surface area contributed by atoms with E-state index in [2.05, 4.69) is 0 Å². The summed E-state index contributed by atoms with van der Waals surface area (Å²) in [6.07, 6.45) is 2.49. The van der Waals surface area contributed by atoms with E-state index in [0.29, 0.717) is 18.8 Å². The maximum absolute atomic E-state index is 13.3. The number of hydrogen-bond donors (Lipinski definition) is 0. The van der Waals surface area contributed by atoms with Crippen molar-refractivity contribution in [1.82, 2.24) is 4.31 Å². The molecule has 0 spiro atoms. The Labute approximate surface area is 195 Å². The minimum Gasteiger partial charge on any atom is -0.495 e. The normalized spacial score (nSPS) is 15.8. The highest BCUT2D eigenvalue weighted by Crippen LogP contribution is 2.30. The van der Waals surface area contributed by atoms with Gasteiger partial charge in [-0.1, -0.05) is 31.0 Å². The number of methoxy groups -OCH3 is 1. The number of sulfonamides is 1. The summed E-state index contributed by atoms with van der Waals surface area (Å²) in [6.45, 7) is 2.34. The summed E-state index contributed by atoms with van der Waals surface area (Å²) in [6, 6.07) is 13.1. The molecule has 33 heavy (non-hydrogen) atoms. The smallest absolute Gasteiger partial charge is 0.338 e. The minimum absolute atomic E-state index is 0.0335. The summed E-state index contributed by atoms with van der Waals surface area (Å²) in [5, 5.41) is 0. The van der Waals surface area contributed by atoms with E-state index < -0.39 is 28.0 Å².